The predicted molar refractivity (Wildman–Crippen MR) is 90.5 cm³/mol. The van der Waals surface area contributed by atoms with Gasteiger partial charge in [-0.1, -0.05) is 42.5 Å². The number of nitrogens with zero attached hydrogens (tertiary/aromatic N) is 2. The van der Waals surface area contributed by atoms with E-state index in [0.717, 1.165) is 13.0 Å². The van der Waals surface area contributed by atoms with Crippen molar-refractivity contribution in [1.82, 2.24) is 9.78 Å². The van der Waals surface area contributed by atoms with Crippen molar-refractivity contribution in [3.8, 4) is 11.1 Å². The third-order valence-electron chi connectivity index (χ3n) is 3.28. The van der Waals surface area contributed by atoms with Gasteiger partial charge in [-0.2, -0.15) is 5.10 Å². The van der Waals surface area contributed by atoms with Crippen LogP contribution in [0.4, 0.5) is 0 Å². The maximum Gasteiger partial charge on any atom is 0.0568 e. The predicted octanol–water partition coefficient (Wildman–Crippen LogP) is 4.40. The molecule has 20 heavy (non-hydrogen) atoms. The fourth-order valence-corrected chi connectivity index (χ4v) is 2.53. The van der Waals surface area contributed by atoms with Crippen LogP contribution < -0.4 is 0 Å². The summed E-state index contributed by atoms with van der Waals surface area (Å²) in [4.78, 5) is 0. The lowest BCUT2D eigenvalue weighted by atomic mass is 10.1. The Morgan fingerprint density at radius 3 is 2.40 bits per heavy atom. The molecule has 0 aliphatic rings. The van der Waals surface area contributed by atoms with Crippen LogP contribution in [0.25, 0.3) is 11.1 Å². The molecule has 3 rings (SSSR count). The van der Waals surface area contributed by atoms with Gasteiger partial charge in [0.2, 0.25) is 0 Å². The highest BCUT2D eigenvalue weighted by atomic mass is 127. The molecule has 0 spiro atoms. The van der Waals surface area contributed by atoms with Crippen molar-refractivity contribution >= 4 is 22.6 Å². The quantitative estimate of drug-likeness (QED) is 0.619. The fourth-order valence-electron chi connectivity index (χ4n) is 2.17. The van der Waals surface area contributed by atoms with Gasteiger partial charge in [-0.15, -0.1) is 0 Å². The van der Waals surface area contributed by atoms with Crippen LogP contribution in [0.1, 0.15) is 5.56 Å². The molecule has 0 N–H and O–H groups in total. The first-order chi connectivity index (χ1) is 9.81. The van der Waals surface area contributed by atoms with Gasteiger partial charge in [0.1, 0.15) is 0 Å². The second kappa shape index (κ2) is 6.22. The topological polar surface area (TPSA) is 17.8 Å². The second-order valence-electron chi connectivity index (χ2n) is 4.73. The Balaban J connectivity index is 1.69. The number of hydrogen-bond donors (Lipinski definition) is 0. The van der Waals surface area contributed by atoms with Crippen molar-refractivity contribution < 1.29 is 0 Å². The molecular formula is C17H15IN2. The van der Waals surface area contributed by atoms with Crippen LogP contribution in [0.3, 0.4) is 0 Å². The van der Waals surface area contributed by atoms with Crippen molar-refractivity contribution in [2.24, 2.45) is 0 Å². The van der Waals surface area contributed by atoms with Crippen LogP contribution in [0.5, 0.6) is 0 Å². The van der Waals surface area contributed by atoms with Crippen LogP contribution in [0, 0.1) is 3.57 Å². The summed E-state index contributed by atoms with van der Waals surface area (Å²) in [6.45, 7) is 0.911. The number of benzene rings is 2. The van der Waals surface area contributed by atoms with Gasteiger partial charge in [0.15, 0.2) is 0 Å². The first kappa shape index (κ1) is 13.4. The van der Waals surface area contributed by atoms with Crippen LogP contribution in [-0.2, 0) is 13.0 Å². The molecule has 1 aromatic heterocycles. The SMILES string of the molecule is Ic1ccc(-c2cnn(CCc3ccccc3)c2)cc1. The lowest BCUT2D eigenvalue weighted by Crippen LogP contribution is -2.01. The lowest BCUT2D eigenvalue weighted by Gasteiger charge is -2.01. The largest absolute Gasteiger partial charge is 0.272 e. The van der Waals surface area contributed by atoms with Crippen molar-refractivity contribution in [3.63, 3.8) is 0 Å². The van der Waals surface area contributed by atoms with E-state index in [-0.39, 0.29) is 0 Å². The summed E-state index contributed by atoms with van der Waals surface area (Å²) in [6.07, 6.45) is 5.06. The standard InChI is InChI=1S/C17H15IN2/c18-17-8-6-15(7-9-17)16-12-19-20(13-16)11-10-14-4-2-1-3-5-14/h1-9,12-13H,10-11H2. The van der Waals surface area contributed by atoms with E-state index >= 15 is 0 Å². The van der Waals surface area contributed by atoms with E-state index < -0.39 is 0 Å². The molecule has 0 bridgehead atoms. The molecule has 0 unspecified atom stereocenters. The Morgan fingerprint density at radius 2 is 1.65 bits per heavy atom. The molecule has 0 fully saturated rings. The number of rotatable bonds is 4. The average Bonchev–Trinajstić information content (AvgIpc) is 2.96. The smallest absolute Gasteiger partial charge is 0.0568 e. The molecule has 1 heterocycles. The summed E-state index contributed by atoms with van der Waals surface area (Å²) in [7, 11) is 0. The minimum absolute atomic E-state index is 0.911. The van der Waals surface area contributed by atoms with E-state index in [1.165, 1.54) is 20.3 Å². The van der Waals surface area contributed by atoms with Crippen LogP contribution in [0.15, 0.2) is 67.0 Å². The highest BCUT2D eigenvalue weighted by Crippen LogP contribution is 2.19. The van der Waals surface area contributed by atoms with Gasteiger partial charge >= 0.3 is 0 Å². The van der Waals surface area contributed by atoms with Crippen LogP contribution in [-0.4, -0.2) is 9.78 Å². The maximum atomic E-state index is 4.44. The van der Waals surface area contributed by atoms with Gasteiger partial charge < -0.3 is 0 Å². The van der Waals surface area contributed by atoms with Gasteiger partial charge in [0, 0.05) is 21.9 Å². The molecule has 0 saturated carbocycles. The van der Waals surface area contributed by atoms with Crippen molar-refractivity contribution in [2.75, 3.05) is 0 Å². The zero-order valence-electron chi connectivity index (χ0n) is 11.0. The third-order valence-corrected chi connectivity index (χ3v) is 4.00. The molecule has 0 atom stereocenters. The van der Waals surface area contributed by atoms with Crippen molar-refractivity contribution in [1.29, 1.82) is 0 Å². The third kappa shape index (κ3) is 3.28. The van der Waals surface area contributed by atoms with Gasteiger partial charge in [-0.25, -0.2) is 0 Å². The Kier molecular flexibility index (Phi) is 4.16. The summed E-state index contributed by atoms with van der Waals surface area (Å²) < 4.78 is 3.27. The number of aromatic nitrogens is 2. The molecule has 0 aliphatic heterocycles. The summed E-state index contributed by atoms with van der Waals surface area (Å²) in [5, 5.41) is 4.44. The first-order valence-electron chi connectivity index (χ1n) is 6.63. The Bertz CT molecular complexity index is 672. The zero-order chi connectivity index (χ0) is 13.8. The van der Waals surface area contributed by atoms with Crippen molar-refractivity contribution in [3.05, 3.63) is 76.1 Å². The minimum atomic E-state index is 0.911. The average molecular weight is 374 g/mol. The first-order valence-corrected chi connectivity index (χ1v) is 7.71. The van der Waals surface area contributed by atoms with Gasteiger partial charge in [-0.3, -0.25) is 4.68 Å². The van der Waals surface area contributed by atoms with Gasteiger partial charge in [0.25, 0.3) is 0 Å². The van der Waals surface area contributed by atoms with Gasteiger partial charge in [-0.05, 0) is 52.3 Å². The molecule has 0 amide bonds. The Hall–Kier alpha value is -1.62. The summed E-state index contributed by atoms with van der Waals surface area (Å²) in [5.41, 5.74) is 3.74. The summed E-state index contributed by atoms with van der Waals surface area (Å²) in [5.74, 6) is 0. The molecule has 0 saturated heterocycles. The summed E-state index contributed by atoms with van der Waals surface area (Å²) in [6, 6.07) is 19.0. The zero-order valence-corrected chi connectivity index (χ0v) is 13.2. The van der Waals surface area contributed by atoms with Crippen molar-refractivity contribution in [2.45, 2.75) is 13.0 Å². The van der Waals surface area contributed by atoms with E-state index in [0.29, 0.717) is 0 Å². The van der Waals surface area contributed by atoms with E-state index in [1.54, 1.807) is 0 Å². The monoisotopic (exact) mass is 374 g/mol. The molecule has 3 heteroatoms. The normalized spacial score (nSPS) is 10.7. The minimum Gasteiger partial charge on any atom is -0.272 e. The molecule has 100 valence electrons. The Morgan fingerprint density at radius 1 is 0.900 bits per heavy atom. The molecule has 0 aliphatic carbocycles. The second-order valence-corrected chi connectivity index (χ2v) is 5.98. The number of aryl methyl sites for hydroxylation is 2. The highest BCUT2D eigenvalue weighted by molar-refractivity contribution is 14.1. The fraction of sp³-hybridized carbons (Fsp3) is 0.118. The maximum absolute atomic E-state index is 4.44. The van der Waals surface area contributed by atoms with E-state index in [4.69, 9.17) is 0 Å². The van der Waals surface area contributed by atoms with Crippen LogP contribution in [0.2, 0.25) is 0 Å². The lowest BCUT2D eigenvalue weighted by molar-refractivity contribution is 0.615. The number of halogens is 1. The van der Waals surface area contributed by atoms with E-state index in [9.17, 15) is 0 Å². The Labute approximate surface area is 132 Å². The van der Waals surface area contributed by atoms with Gasteiger partial charge in [0.05, 0.1) is 6.20 Å². The highest BCUT2D eigenvalue weighted by Gasteiger charge is 2.02. The summed E-state index contributed by atoms with van der Waals surface area (Å²) >= 11 is 2.32. The molecular weight excluding hydrogens is 359 g/mol. The molecule has 2 nitrogen and oxygen atoms in total. The number of hydrogen-bond acceptors (Lipinski definition) is 1. The van der Waals surface area contributed by atoms with E-state index in [2.05, 4.69) is 82.4 Å². The van der Waals surface area contributed by atoms with Crippen LogP contribution >= 0.6 is 22.6 Å². The molecule has 2 aromatic carbocycles. The molecule has 0 radical (unpaired) electrons. The molecule has 3 aromatic rings. The van der Waals surface area contributed by atoms with E-state index in [1.807, 2.05) is 16.9 Å².